The summed E-state index contributed by atoms with van der Waals surface area (Å²) in [6.45, 7) is 6.89. The molecule has 0 aromatic carbocycles. The molecule has 0 aromatic heterocycles. The van der Waals surface area contributed by atoms with Gasteiger partial charge in [0.15, 0.2) is 0 Å². The fourth-order valence-electron chi connectivity index (χ4n) is 3.40. The Kier molecular flexibility index (Phi) is 5.64. The molecule has 0 saturated carbocycles. The van der Waals surface area contributed by atoms with Crippen molar-refractivity contribution in [1.82, 2.24) is 9.80 Å². The second-order valence-electron chi connectivity index (χ2n) is 6.14. The standard InChI is InChI=1S/C15H29N3O/c1-13(18-11-7-14(12-18)6-8-16)15(19)17-9-4-2-3-5-10-17/h13-14H,2-12,16H2,1H3. The average Bonchev–Trinajstić information content (AvgIpc) is 2.72. The highest BCUT2D eigenvalue weighted by molar-refractivity contribution is 5.81. The summed E-state index contributed by atoms with van der Waals surface area (Å²) >= 11 is 0. The van der Waals surface area contributed by atoms with Crippen molar-refractivity contribution in [2.45, 2.75) is 51.5 Å². The van der Waals surface area contributed by atoms with E-state index in [1.54, 1.807) is 0 Å². The predicted octanol–water partition coefficient (Wildman–Crippen LogP) is 1.45. The lowest BCUT2D eigenvalue weighted by Gasteiger charge is -2.29. The number of rotatable bonds is 4. The minimum atomic E-state index is 0.0564. The van der Waals surface area contributed by atoms with E-state index in [-0.39, 0.29) is 6.04 Å². The highest BCUT2D eigenvalue weighted by Crippen LogP contribution is 2.22. The minimum Gasteiger partial charge on any atom is -0.341 e. The molecule has 2 saturated heterocycles. The Balaban J connectivity index is 1.84. The Morgan fingerprint density at radius 3 is 2.53 bits per heavy atom. The van der Waals surface area contributed by atoms with E-state index in [0.29, 0.717) is 11.8 Å². The van der Waals surface area contributed by atoms with Crippen molar-refractivity contribution in [2.24, 2.45) is 11.7 Å². The first-order valence-electron chi connectivity index (χ1n) is 7.95. The van der Waals surface area contributed by atoms with Gasteiger partial charge in [0.1, 0.15) is 0 Å². The predicted molar refractivity (Wildman–Crippen MR) is 77.9 cm³/mol. The van der Waals surface area contributed by atoms with Crippen LogP contribution in [0.4, 0.5) is 0 Å². The van der Waals surface area contributed by atoms with Gasteiger partial charge in [0.05, 0.1) is 6.04 Å². The molecular formula is C15H29N3O. The van der Waals surface area contributed by atoms with Crippen LogP contribution in [0, 0.1) is 5.92 Å². The maximum atomic E-state index is 12.6. The molecule has 4 heteroatoms. The fraction of sp³-hybridized carbons (Fsp3) is 0.933. The van der Waals surface area contributed by atoms with Crippen LogP contribution in [-0.4, -0.2) is 54.5 Å². The summed E-state index contributed by atoms with van der Waals surface area (Å²) in [7, 11) is 0. The molecule has 2 rings (SSSR count). The van der Waals surface area contributed by atoms with Gasteiger partial charge < -0.3 is 10.6 Å². The van der Waals surface area contributed by atoms with Crippen molar-refractivity contribution in [2.75, 3.05) is 32.7 Å². The maximum Gasteiger partial charge on any atom is 0.239 e. The number of hydrogen-bond acceptors (Lipinski definition) is 3. The molecule has 2 aliphatic heterocycles. The molecule has 0 radical (unpaired) electrons. The Bertz CT molecular complexity index is 287. The normalized spacial score (nSPS) is 27.3. The van der Waals surface area contributed by atoms with Crippen molar-refractivity contribution >= 4 is 5.91 Å². The molecule has 0 aliphatic carbocycles. The Morgan fingerprint density at radius 2 is 1.89 bits per heavy atom. The van der Waals surface area contributed by atoms with Crippen LogP contribution < -0.4 is 5.73 Å². The largest absolute Gasteiger partial charge is 0.341 e. The summed E-state index contributed by atoms with van der Waals surface area (Å²) in [5.74, 6) is 1.04. The molecule has 0 bridgehead atoms. The van der Waals surface area contributed by atoms with Gasteiger partial charge in [-0.1, -0.05) is 12.8 Å². The molecule has 110 valence electrons. The number of carbonyl (C=O) groups excluding carboxylic acids is 1. The van der Waals surface area contributed by atoms with Crippen LogP contribution in [0.1, 0.15) is 45.4 Å². The van der Waals surface area contributed by atoms with Crippen LogP contribution in [0.15, 0.2) is 0 Å². The van der Waals surface area contributed by atoms with E-state index >= 15 is 0 Å². The van der Waals surface area contributed by atoms with Gasteiger partial charge in [-0.2, -0.15) is 0 Å². The molecule has 2 heterocycles. The molecule has 2 unspecified atom stereocenters. The molecule has 4 nitrogen and oxygen atoms in total. The smallest absolute Gasteiger partial charge is 0.239 e. The molecule has 0 aromatic rings. The van der Waals surface area contributed by atoms with Crippen molar-refractivity contribution in [3.05, 3.63) is 0 Å². The SMILES string of the molecule is CC(C(=O)N1CCCCCC1)N1CCC(CCN)C1. The van der Waals surface area contributed by atoms with Crippen LogP contribution in [0.2, 0.25) is 0 Å². The first kappa shape index (κ1) is 14.8. The van der Waals surface area contributed by atoms with Crippen LogP contribution >= 0.6 is 0 Å². The zero-order chi connectivity index (χ0) is 13.7. The molecule has 1 amide bonds. The third-order valence-electron chi connectivity index (χ3n) is 4.72. The number of amides is 1. The van der Waals surface area contributed by atoms with Crippen molar-refractivity contribution in [3.8, 4) is 0 Å². The van der Waals surface area contributed by atoms with E-state index in [0.717, 1.165) is 39.1 Å². The molecular weight excluding hydrogens is 238 g/mol. The number of carbonyl (C=O) groups is 1. The van der Waals surface area contributed by atoms with Gasteiger partial charge in [-0.3, -0.25) is 9.69 Å². The van der Waals surface area contributed by atoms with Gasteiger partial charge >= 0.3 is 0 Å². The summed E-state index contributed by atoms with van der Waals surface area (Å²) in [6.07, 6.45) is 7.21. The molecule has 19 heavy (non-hydrogen) atoms. The van der Waals surface area contributed by atoms with Gasteiger partial charge in [-0.25, -0.2) is 0 Å². The number of likely N-dealkylation sites (tertiary alicyclic amines) is 2. The van der Waals surface area contributed by atoms with Crippen molar-refractivity contribution in [3.63, 3.8) is 0 Å². The molecule has 2 aliphatic rings. The Morgan fingerprint density at radius 1 is 1.21 bits per heavy atom. The van der Waals surface area contributed by atoms with Gasteiger partial charge in [0.2, 0.25) is 5.91 Å². The van der Waals surface area contributed by atoms with Gasteiger partial charge in [0.25, 0.3) is 0 Å². The molecule has 2 N–H and O–H groups in total. The zero-order valence-corrected chi connectivity index (χ0v) is 12.3. The quantitative estimate of drug-likeness (QED) is 0.838. The van der Waals surface area contributed by atoms with Gasteiger partial charge in [-0.05, 0) is 51.6 Å². The summed E-state index contributed by atoms with van der Waals surface area (Å²) in [5.41, 5.74) is 5.63. The van der Waals surface area contributed by atoms with Gasteiger partial charge in [-0.15, -0.1) is 0 Å². The third kappa shape index (κ3) is 3.93. The molecule has 0 spiro atoms. The summed E-state index contributed by atoms with van der Waals surface area (Å²) in [4.78, 5) is 17.0. The number of nitrogens with zero attached hydrogens (tertiary/aromatic N) is 2. The molecule has 2 fully saturated rings. The summed E-state index contributed by atoms with van der Waals surface area (Å²) in [5, 5.41) is 0. The van der Waals surface area contributed by atoms with Gasteiger partial charge in [0, 0.05) is 19.6 Å². The van der Waals surface area contributed by atoms with Crippen LogP contribution in [0.5, 0.6) is 0 Å². The highest BCUT2D eigenvalue weighted by Gasteiger charge is 2.31. The van der Waals surface area contributed by atoms with Crippen LogP contribution in [-0.2, 0) is 4.79 Å². The average molecular weight is 267 g/mol. The van der Waals surface area contributed by atoms with E-state index in [2.05, 4.69) is 16.7 Å². The summed E-state index contributed by atoms with van der Waals surface area (Å²) in [6, 6.07) is 0.0564. The number of hydrogen-bond donors (Lipinski definition) is 1. The Labute approximate surface area is 117 Å². The van der Waals surface area contributed by atoms with E-state index in [9.17, 15) is 4.79 Å². The monoisotopic (exact) mass is 267 g/mol. The third-order valence-corrected chi connectivity index (χ3v) is 4.72. The fourth-order valence-corrected chi connectivity index (χ4v) is 3.40. The lowest BCUT2D eigenvalue weighted by molar-refractivity contribution is -0.136. The lowest BCUT2D eigenvalue weighted by Crippen LogP contribution is -2.46. The van der Waals surface area contributed by atoms with Crippen LogP contribution in [0.25, 0.3) is 0 Å². The second-order valence-corrected chi connectivity index (χ2v) is 6.14. The van der Waals surface area contributed by atoms with E-state index in [4.69, 9.17) is 5.73 Å². The molecule has 2 atom stereocenters. The van der Waals surface area contributed by atoms with Crippen molar-refractivity contribution < 1.29 is 4.79 Å². The van der Waals surface area contributed by atoms with E-state index in [1.807, 2.05) is 0 Å². The Hall–Kier alpha value is -0.610. The number of nitrogens with two attached hydrogens (primary N) is 1. The second kappa shape index (κ2) is 7.25. The van der Waals surface area contributed by atoms with E-state index < -0.39 is 0 Å². The summed E-state index contributed by atoms with van der Waals surface area (Å²) < 4.78 is 0. The topological polar surface area (TPSA) is 49.6 Å². The van der Waals surface area contributed by atoms with Crippen LogP contribution in [0.3, 0.4) is 0 Å². The zero-order valence-electron chi connectivity index (χ0n) is 12.3. The first-order valence-corrected chi connectivity index (χ1v) is 7.95. The maximum absolute atomic E-state index is 12.6. The highest BCUT2D eigenvalue weighted by atomic mass is 16.2. The minimum absolute atomic E-state index is 0.0564. The first-order chi connectivity index (χ1) is 9.22. The lowest BCUT2D eigenvalue weighted by atomic mass is 10.1. The van der Waals surface area contributed by atoms with Crippen molar-refractivity contribution in [1.29, 1.82) is 0 Å². The van der Waals surface area contributed by atoms with E-state index in [1.165, 1.54) is 32.1 Å².